The fourth-order valence-electron chi connectivity index (χ4n) is 1.55. The number of nitrogen functional groups attached to an aromatic ring is 1. The fourth-order valence-corrected chi connectivity index (χ4v) is 1.55. The fraction of sp³-hybridized carbons (Fsp3) is 0.417. The van der Waals surface area contributed by atoms with E-state index in [9.17, 15) is 4.79 Å². The van der Waals surface area contributed by atoms with E-state index in [1.807, 2.05) is 6.07 Å². The van der Waals surface area contributed by atoms with Crippen LogP contribution in [0.4, 0.5) is 5.69 Å². The molecule has 1 rings (SSSR count). The molecule has 17 heavy (non-hydrogen) atoms. The number of carbonyl (C=O) groups excluding carboxylic acids is 1. The molecule has 0 aliphatic rings. The number of methoxy groups -OCH3 is 2. The first kappa shape index (κ1) is 13.2. The predicted octanol–water partition coefficient (Wildman–Crippen LogP) is 0.965. The maximum atomic E-state index is 10.8. The molecule has 3 N–H and O–H groups in total. The number of hydrogen-bond donors (Lipinski definition) is 2. The highest BCUT2D eigenvalue weighted by Crippen LogP contribution is 2.30. The third kappa shape index (κ3) is 3.55. The lowest BCUT2D eigenvalue weighted by Crippen LogP contribution is -2.22. The van der Waals surface area contributed by atoms with Gasteiger partial charge in [-0.2, -0.15) is 0 Å². The molecule has 0 saturated carbocycles. The molecular formula is C12H18N2O3. The zero-order valence-corrected chi connectivity index (χ0v) is 10.4. The largest absolute Gasteiger partial charge is 0.496 e. The van der Waals surface area contributed by atoms with Gasteiger partial charge in [-0.15, -0.1) is 0 Å². The van der Waals surface area contributed by atoms with Crippen molar-refractivity contribution in [3.8, 4) is 11.5 Å². The third-order valence-electron chi connectivity index (χ3n) is 2.40. The molecule has 94 valence electrons. The van der Waals surface area contributed by atoms with E-state index >= 15 is 0 Å². The molecule has 0 radical (unpaired) electrons. The molecule has 0 aliphatic heterocycles. The number of nitrogens with two attached hydrogens (primary N) is 1. The monoisotopic (exact) mass is 238 g/mol. The molecule has 0 aromatic heterocycles. The summed E-state index contributed by atoms with van der Waals surface area (Å²) in [5.74, 6) is 1.27. The van der Waals surface area contributed by atoms with E-state index in [0.717, 1.165) is 5.56 Å². The summed E-state index contributed by atoms with van der Waals surface area (Å²) in [6.07, 6.45) is 0.666. The number of nitrogens with one attached hydrogen (secondary N) is 1. The van der Waals surface area contributed by atoms with Gasteiger partial charge in [0.1, 0.15) is 11.5 Å². The van der Waals surface area contributed by atoms with Gasteiger partial charge in [0.15, 0.2) is 0 Å². The molecule has 5 heteroatoms. The lowest BCUT2D eigenvalue weighted by Gasteiger charge is -2.12. The van der Waals surface area contributed by atoms with Crippen molar-refractivity contribution in [2.24, 2.45) is 0 Å². The zero-order chi connectivity index (χ0) is 12.8. The Kier molecular flexibility index (Phi) is 4.63. The second-order valence-corrected chi connectivity index (χ2v) is 3.64. The van der Waals surface area contributed by atoms with Crippen LogP contribution < -0.4 is 20.5 Å². The van der Waals surface area contributed by atoms with E-state index in [1.54, 1.807) is 20.3 Å². The van der Waals surface area contributed by atoms with Crippen molar-refractivity contribution >= 4 is 11.6 Å². The van der Waals surface area contributed by atoms with Gasteiger partial charge in [0, 0.05) is 19.5 Å². The highest BCUT2D eigenvalue weighted by atomic mass is 16.5. The van der Waals surface area contributed by atoms with Crippen molar-refractivity contribution in [1.82, 2.24) is 5.32 Å². The molecule has 5 nitrogen and oxygen atoms in total. The Hall–Kier alpha value is -1.91. The van der Waals surface area contributed by atoms with Crippen molar-refractivity contribution in [3.63, 3.8) is 0 Å². The maximum absolute atomic E-state index is 10.8. The van der Waals surface area contributed by atoms with Gasteiger partial charge in [0.05, 0.1) is 19.9 Å². The van der Waals surface area contributed by atoms with Crippen LogP contribution in [0.25, 0.3) is 0 Å². The average Bonchev–Trinajstić information content (AvgIpc) is 2.30. The number of amides is 1. The first-order valence-corrected chi connectivity index (χ1v) is 5.33. The van der Waals surface area contributed by atoms with Crippen molar-refractivity contribution in [2.45, 2.75) is 13.3 Å². The van der Waals surface area contributed by atoms with Crippen LogP contribution in [0.15, 0.2) is 12.1 Å². The standard InChI is InChI=1S/C12H18N2O3/c1-8(15)14-5-4-9-6-12(17-3)10(13)7-11(9)16-2/h6-7H,4-5,13H2,1-3H3,(H,14,15). The van der Waals surface area contributed by atoms with Gasteiger partial charge in [-0.25, -0.2) is 0 Å². The minimum Gasteiger partial charge on any atom is -0.496 e. The van der Waals surface area contributed by atoms with Crippen LogP contribution in [-0.4, -0.2) is 26.7 Å². The summed E-state index contributed by atoms with van der Waals surface area (Å²) in [6.45, 7) is 2.04. The van der Waals surface area contributed by atoms with Gasteiger partial charge < -0.3 is 20.5 Å². The molecule has 1 amide bonds. The number of rotatable bonds is 5. The van der Waals surface area contributed by atoms with E-state index in [2.05, 4.69) is 5.32 Å². The normalized spacial score (nSPS) is 9.82. The molecule has 0 unspecified atom stereocenters. The Balaban J connectivity index is 2.84. The molecule has 0 atom stereocenters. The molecule has 0 aliphatic carbocycles. The predicted molar refractivity (Wildman–Crippen MR) is 66.3 cm³/mol. The van der Waals surface area contributed by atoms with Crippen LogP contribution in [0.5, 0.6) is 11.5 Å². The number of carbonyl (C=O) groups is 1. The van der Waals surface area contributed by atoms with E-state index in [0.29, 0.717) is 30.2 Å². The Morgan fingerprint density at radius 1 is 1.29 bits per heavy atom. The summed E-state index contributed by atoms with van der Waals surface area (Å²) in [5, 5.41) is 2.73. The van der Waals surface area contributed by atoms with Gasteiger partial charge in [-0.3, -0.25) is 4.79 Å². The van der Waals surface area contributed by atoms with Crippen molar-refractivity contribution in [3.05, 3.63) is 17.7 Å². The van der Waals surface area contributed by atoms with Crippen LogP contribution in [0.2, 0.25) is 0 Å². The van der Waals surface area contributed by atoms with Crippen LogP contribution in [0, 0.1) is 0 Å². The molecule has 0 heterocycles. The van der Waals surface area contributed by atoms with Gasteiger partial charge in [0.2, 0.25) is 5.91 Å². The molecule has 0 fully saturated rings. The Bertz CT molecular complexity index is 405. The quantitative estimate of drug-likeness (QED) is 0.749. The number of hydrogen-bond acceptors (Lipinski definition) is 4. The van der Waals surface area contributed by atoms with Crippen LogP contribution in [0.3, 0.4) is 0 Å². The first-order chi connectivity index (χ1) is 8.08. The van der Waals surface area contributed by atoms with E-state index in [1.165, 1.54) is 6.92 Å². The summed E-state index contributed by atoms with van der Waals surface area (Å²) in [7, 11) is 3.15. The van der Waals surface area contributed by atoms with E-state index < -0.39 is 0 Å². The minimum atomic E-state index is -0.0497. The molecule has 1 aromatic carbocycles. The molecule has 0 spiro atoms. The maximum Gasteiger partial charge on any atom is 0.216 e. The van der Waals surface area contributed by atoms with Crippen molar-refractivity contribution < 1.29 is 14.3 Å². The van der Waals surface area contributed by atoms with E-state index in [-0.39, 0.29) is 5.91 Å². The van der Waals surface area contributed by atoms with Gasteiger partial charge >= 0.3 is 0 Å². The molecule has 0 saturated heterocycles. The number of anilines is 1. The van der Waals surface area contributed by atoms with E-state index in [4.69, 9.17) is 15.2 Å². The molecular weight excluding hydrogens is 220 g/mol. The minimum absolute atomic E-state index is 0.0497. The second-order valence-electron chi connectivity index (χ2n) is 3.64. The number of ether oxygens (including phenoxy) is 2. The third-order valence-corrected chi connectivity index (χ3v) is 2.40. The van der Waals surface area contributed by atoms with Crippen LogP contribution in [0.1, 0.15) is 12.5 Å². The summed E-state index contributed by atoms with van der Waals surface area (Å²) >= 11 is 0. The van der Waals surface area contributed by atoms with Crippen LogP contribution in [-0.2, 0) is 11.2 Å². The lowest BCUT2D eigenvalue weighted by molar-refractivity contribution is -0.118. The molecule has 0 bridgehead atoms. The van der Waals surface area contributed by atoms with Gasteiger partial charge in [0.25, 0.3) is 0 Å². The summed E-state index contributed by atoms with van der Waals surface area (Å²) in [6, 6.07) is 3.55. The van der Waals surface area contributed by atoms with Gasteiger partial charge in [-0.1, -0.05) is 0 Å². The highest BCUT2D eigenvalue weighted by molar-refractivity contribution is 5.72. The Labute approximate surface area is 101 Å². The highest BCUT2D eigenvalue weighted by Gasteiger charge is 2.09. The van der Waals surface area contributed by atoms with Crippen LogP contribution >= 0.6 is 0 Å². The zero-order valence-electron chi connectivity index (χ0n) is 10.4. The smallest absolute Gasteiger partial charge is 0.216 e. The van der Waals surface area contributed by atoms with Crippen molar-refractivity contribution in [2.75, 3.05) is 26.5 Å². The lowest BCUT2D eigenvalue weighted by atomic mass is 10.1. The number of benzene rings is 1. The average molecular weight is 238 g/mol. The summed E-state index contributed by atoms with van der Waals surface area (Å²) < 4.78 is 10.4. The first-order valence-electron chi connectivity index (χ1n) is 5.33. The molecule has 1 aromatic rings. The summed E-state index contributed by atoms with van der Waals surface area (Å²) in [5.41, 5.74) is 7.26. The van der Waals surface area contributed by atoms with Gasteiger partial charge in [-0.05, 0) is 18.1 Å². The second kappa shape index (κ2) is 5.98. The SMILES string of the molecule is COc1cc(CCNC(C)=O)c(OC)cc1N. The van der Waals surface area contributed by atoms with Crippen molar-refractivity contribution in [1.29, 1.82) is 0 Å². The Morgan fingerprint density at radius 3 is 2.47 bits per heavy atom. The Morgan fingerprint density at radius 2 is 1.94 bits per heavy atom. The summed E-state index contributed by atoms with van der Waals surface area (Å²) in [4.78, 5) is 10.8. The topological polar surface area (TPSA) is 73.6 Å².